The Balaban J connectivity index is 2.25. The van der Waals surface area contributed by atoms with E-state index >= 15 is 0 Å². The molecule has 0 aliphatic carbocycles. The Hall–Kier alpha value is -1.06. The van der Waals surface area contributed by atoms with Gasteiger partial charge in [-0.3, -0.25) is 0 Å². The molecule has 0 radical (unpaired) electrons. The van der Waals surface area contributed by atoms with Crippen molar-refractivity contribution >= 4 is 33.2 Å². The largest absolute Gasteiger partial charge is 0.376 e. The summed E-state index contributed by atoms with van der Waals surface area (Å²) in [6.45, 7) is 2.11. The standard InChI is InChI=1S/C16H16BrClFN/c1-2-3-15(11-4-7-13(18)8-5-11)20-16-10-12(17)6-9-14(16)19/h4-10,15,20H,2-3H2,1H3. The van der Waals surface area contributed by atoms with Crippen molar-refractivity contribution in [2.45, 2.75) is 25.8 Å². The molecular weight excluding hydrogens is 341 g/mol. The monoisotopic (exact) mass is 355 g/mol. The Morgan fingerprint density at radius 3 is 2.55 bits per heavy atom. The van der Waals surface area contributed by atoms with Gasteiger partial charge < -0.3 is 5.32 Å². The lowest BCUT2D eigenvalue weighted by Gasteiger charge is -2.20. The lowest BCUT2D eigenvalue weighted by molar-refractivity contribution is 0.617. The molecule has 0 fully saturated rings. The van der Waals surface area contributed by atoms with Crippen molar-refractivity contribution in [2.75, 3.05) is 5.32 Å². The Kier molecular flexibility index (Phi) is 5.44. The topological polar surface area (TPSA) is 12.0 Å². The first kappa shape index (κ1) is 15.3. The lowest BCUT2D eigenvalue weighted by atomic mass is 10.0. The zero-order chi connectivity index (χ0) is 14.5. The first-order valence-electron chi connectivity index (χ1n) is 6.57. The Labute approximate surface area is 132 Å². The van der Waals surface area contributed by atoms with Crippen molar-refractivity contribution in [3.8, 4) is 0 Å². The van der Waals surface area contributed by atoms with Crippen LogP contribution in [0.1, 0.15) is 31.4 Å². The van der Waals surface area contributed by atoms with E-state index in [1.54, 1.807) is 12.1 Å². The van der Waals surface area contributed by atoms with Crippen LogP contribution < -0.4 is 5.32 Å². The minimum absolute atomic E-state index is 0.0704. The second kappa shape index (κ2) is 7.09. The maximum Gasteiger partial charge on any atom is 0.146 e. The van der Waals surface area contributed by atoms with Gasteiger partial charge in [0, 0.05) is 9.50 Å². The summed E-state index contributed by atoms with van der Waals surface area (Å²) in [7, 11) is 0. The van der Waals surface area contributed by atoms with E-state index in [-0.39, 0.29) is 11.9 Å². The maximum absolute atomic E-state index is 13.8. The summed E-state index contributed by atoms with van der Waals surface area (Å²) in [5, 5.41) is 3.98. The SMILES string of the molecule is CCCC(Nc1cc(Br)ccc1F)c1ccc(Cl)cc1. The lowest BCUT2D eigenvalue weighted by Crippen LogP contribution is -2.11. The number of halogens is 3. The average molecular weight is 357 g/mol. The first-order chi connectivity index (χ1) is 9.60. The fraction of sp³-hybridized carbons (Fsp3) is 0.250. The second-order valence-corrected chi connectivity index (χ2v) is 6.01. The number of hydrogen-bond donors (Lipinski definition) is 1. The Bertz CT molecular complexity index is 571. The molecule has 0 spiro atoms. The van der Waals surface area contributed by atoms with Crippen molar-refractivity contribution < 1.29 is 4.39 Å². The second-order valence-electron chi connectivity index (χ2n) is 4.66. The van der Waals surface area contributed by atoms with Gasteiger partial charge in [0.2, 0.25) is 0 Å². The molecule has 0 amide bonds. The van der Waals surface area contributed by atoms with Gasteiger partial charge >= 0.3 is 0 Å². The zero-order valence-corrected chi connectivity index (χ0v) is 13.5. The summed E-state index contributed by atoms with van der Waals surface area (Å²) in [6, 6.07) is 12.7. The molecule has 0 bridgehead atoms. The van der Waals surface area contributed by atoms with Gasteiger partial charge in [0.05, 0.1) is 11.7 Å². The van der Waals surface area contributed by atoms with Crippen LogP contribution in [-0.4, -0.2) is 0 Å². The molecular formula is C16H16BrClFN. The summed E-state index contributed by atoms with van der Waals surface area (Å²) in [6.07, 6.45) is 1.93. The van der Waals surface area contributed by atoms with Crippen molar-refractivity contribution in [3.05, 3.63) is 63.3 Å². The van der Waals surface area contributed by atoms with Gasteiger partial charge in [-0.05, 0) is 42.3 Å². The Morgan fingerprint density at radius 1 is 1.20 bits per heavy atom. The molecule has 0 heterocycles. The number of nitrogens with one attached hydrogen (secondary N) is 1. The highest BCUT2D eigenvalue weighted by Crippen LogP contribution is 2.28. The molecule has 1 N–H and O–H groups in total. The fourth-order valence-corrected chi connectivity index (χ4v) is 2.59. The van der Waals surface area contributed by atoms with Crippen LogP contribution in [-0.2, 0) is 0 Å². The number of benzene rings is 2. The third-order valence-electron chi connectivity index (χ3n) is 3.11. The van der Waals surface area contributed by atoms with Crippen LogP contribution >= 0.6 is 27.5 Å². The molecule has 1 atom stereocenters. The van der Waals surface area contributed by atoms with Gasteiger partial charge in [0.25, 0.3) is 0 Å². The highest BCUT2D eigenvalue weighted by molar-refractivity contribution is 9.10. The van der Waals surface area contributed by atoms with Crippen molar-refractivity contribution in [1.29, 1.82) is 0 Å². The highest BCUT2D eigenvalue weighted by atomic mass is 79.9. The van der Waals surface area contributed by atoms with E-state index in [1.165, 1.54) is 6.07 Å². The van der Waals surface area contributed by atoms with Gasteiger partial charge in [-0.15, -0.1) is 0 Å². The molecule has 0 saturated heterocycles. The highest BCUT2D eigenvalue weighted by Gasteiger charge is 2.13. The van der Waals surface area contributed by atoms with Crippen molar-refractivity contribution in [1.82, 2.24) is 0 Å². The summed E-state index contributed by atoms with van der Waals surface area (Å²) >= 11 is 9.28. The average Bonchev–Trinajstić information content (AvgIpc) is 2.43. The molecule has 0 aliphatic rings. The molecule has 0 aliphatic heterocycles. The smallest absolute Gasteiger partial charge is 0.146 e. The molecule has 0 saturated carbocycles. The first-order valence-corrected chi connectivity index (χ1v) is 7.74. The number of rotatable bonds is 5. The number of anilines is 1. The van der Waals surface area contributed by atoms with Gasteiger partial charge in [0.1, 0.15) is 5.82 Å². The molecule has 1 unspecified atom stereocenters. The van der Waals surface area contributed by atoms with Crippen LogP contribution in [0.25, 0.3) is 0 Å². The van der Waals surface area contributed by atoms with Crippen LogP contribution in [0.15, 0.2) is 46.9 Å². The summed E-state index contributed by atoms with van der Waals surface area (Å²) < 4.78 is 14.7. The third kappa shape index (κ3) is 3.97. The van der Waals surface area contributed by atoms with Crippen LogP contribution in [0, 0.1) is 5.82 Å². The van der Waals surface area contributed by atoms with Crippen LogP contribution in [0.4, 0.5) is 10.1 Å². The van der Waals surface area contributed by atoms with E-state index in [2.05, 4.69) is 28.2 Å². The van der Waals surface area contributed by atoms with Gasteiger partial charge in [-0.25, -0.2) is 4.39 Å². The third-order valence-corrected chi connectivity index (χ3v) is 3.85. The molecule has 2 aromatic carbocycles. The van der Waals surface area contributed by atoms with E-state index < -0.39 is 0 Å². The van der Waals surface area contributed by atoms with Crippen molar-refractivity contribution in [3.63, 3.8) is 0 Å². The maximum atomic E-state index is 13.8. The Morgan fingerprint density at radius 2 is 1.90 bits per heavy atom. The molecule has 1 nitrogen and oxygen atoms in total. The van der Waals surface area contributed by atoms with E-state index in [0.717, 1.165) is 22.9 Å². The van der Waals surface area contributed by atoms with E-state index in [4.69, 9.17) is 11.6 Å². The quantitative estimate of drug-likeness (QED) is 0.673. The van der Waals surface area contributed by atoms with Crippen LogP contribution in [0.3, 0.4) is 0 Å². The normalized spacial score (nSPS) is 12.2. The molecule has 106 valence electrons. The molecule has 2 aromatic rings. The molecule has 0 aromatic heterocycles. The summed E-state index contributed by atoms with van der Waals surface area (Å²) in [5.74, 6) is -0.247. The zero-order valence-electron chi connectivity index (χ0n) is 11.2. The fourth-order valence-electron chi connectivity index (χ4n) is 2.10. The minimum atomic E-state index is -0.247. The molecule has 4 heteroatoms. The molecule has 20 heavy (non-hydrogen) atoms. The van der Waals surface area contributed by atoms with Gasteiger partial charge in [0.15, 0.2) is 0 Å². The van der Waals surface area contributed by atoms with E-state index in [9.17, 15) is 4.39 Å². The predicted molar refractivity (Wildman–Crippen MR) is 86.8 cm³/mol. The minimum Gasteiger partial charge on any atom is -0.376 e. The molecule has 2 rings (SSSR count). The predicted octanol–water partition coefficient (Wildman–Crippen LogP) is 6.19. The van der Waals surface area contributed by atoms with Gasteiger partial charge in [-0.1, -0.05) is 53.0 Å². The van der Waals surface area contributed by atoms with Crippen LogP contribution in [0.2, 0.25) is 5.02 Å². The van der Waals surface area contributed by atoms with Crippen LogP contribution in [0.5, 0.6) is 0 Å². The van der Waals surface area contributed by atoms with E-state index in [1.807, 2.05) is 24.3 Å². The van der Waals surface area contributed by atoms with Crippen molar-refractivity contribution in [2.24, 2.45) is 0 Å². The van der Waals surface area contributed by atoms with E-state index in [0.29, 0.717) is 10.7 Å². The van der Waals surface area contributed by atoms with Gasteiger partial charge in [-0.2, -0.15) is 0 Å². The number of hydrogen-bond acceptors (Lipinski definition) is 1. The summed E-state index contributed by atoms with van der Waals surface area (Å²) in [5.41, 5.74) is 1.61. The summed E-state index contributed by atoms with van der Waals surface area (Å²) in [4.78, 5) is 0.